The molecular weight excluding hydrogens is 226 g/mol. The van der Waals surface area contributed by atoms with E-state index in [1.54, 1.807) is 0 Å². The first-order valence-electron chi connectivity index (χ1n) is 7.35. The topological polar surface area (TPSA) is 44.4 Å². The second-order valence-electron chi connectivity index (χ2n) is 6.02. The molecule has 2 heterocycles. The van der Waals surface area contributed by atoms with Crippen LogP contribution >= 0.6 is 0 Å². The Morgan fingerprint density at radius 3 is 2.94 bits per heavy atom. The molecule has 0 aromatic heterocycles. The highest BCUT2D eigenvalue weighted by molar-refractivity contribution is 5.76. The summed E-state index contributed by atoms with van der Waals surface area (Å²) in [4.78, 5) is 14.3. The first-order chi connectivity index (χ1) is 8.65. The number of amides is 1. The van der Waals surface area contributed by atoms with Gasteiger partial charge in [-0.3, -0.25) is 4.79 Å². The van der Waals surface area contributed by atoms with Gasteiger partial charge in [0.15, 0.2) is 0 Å². The molecule has 0 radical (unpaired) electrons. The first kappa shape index (κ1) is 13.8. The zero-order valence-corrected chi connectivity index (χ0v) is 11.7. The third-order valence-electron chi connectivity index (χ3n) is 4.52. The van der Waals surface area contributed by atoms with E-state index in [0.717, 1.165) is 38.9 Å². The molecular formula is C14H27N3O. The highest BCUT2D eigenvalue weighted by Gasteiger charge is 2.24. The van der Waals surface area contributed by atoms with Gasteiger partial charge in [0.05, 0.1) is 0 Å². The van der Waals surface area contributed by atoms with Gasteiger partial charge in [0.25, 0.3) is 0 Å². The molecule has 2 N–H and O–H groups in total. The lowest BCUT2D eigenvalue weighted by Crippen LogP contribution is -2.47. The number of rotatable bonds is 4. The summed E-state index contributed by atoms with van der Waals surface area (Å²) < 4.78 is 0. The van der Waals surface area contributed by atoms with E-state index >= 15 is 0 Å². The minimum atomic E-state index is 0.253. The van der Waals surface area contributed by atoms with Crippen LogP contribution in [0.4, 0.5) is 0 Å². The van der Waals surface area contributed by atoms with Gasteiger partial charge >= 0.3 is 0 Å². The van der Waals surface area contributed by atoms with Crippen LogP contribution in [0.15, 0.2) is 0 Å². The molecule has 2 aliphatic rings. The van der Waals surface area contributed by atoms with Gasteiger partial charge in [-0.05, 0) is 58.7 Å². The molecule has 0 aromatic rings. The van der Waals surface area contributed by atoms with Gasteiger partial charge in [-0.1, -0.05) is 0 Å². The summed E-state index contributed by atoms with van der Waals surface area (Å²) in [5.74, 6) is 0.968. The summed E-state index contributed by atoms with van der Waals surface area (Å²) in [6.07, 6.45) is 5.16. The molecule has 4 heteroatoms. The number of hydrogen-bond acceptors (Lipinski definition) is 3. The van der Waals surface area contributed by atoms with Crippen LogP contribution in [0.2, 0.25) is 0 Å². The molecule has 3 atom stereocenters. The Bertz CT molecular complexity index is 276. The normalized spacial score (nSPS) is 33.6. The lowest BCUT2D eigenvalue weighted by Gasteiger charge is -2.35. The minimum Gasteiger partial charge on any atom is -0.353 e. The maximum atomic E-state index is 11.9. The van der Waals surface area contributed by atoms with Crippen molar-refractivity contribution in [3.8, 4) is 0 Å². The summed E-state index contributed by atoms with van der Waals surface area (Å²) in [6.45, 7) is 5.55. The van der Waals surface area contributed by atoms with Crippen molar-refractivity contribution in [1.29, 1.82) is 0 Å². The molecule has 2 aliphatic heterocycles. The van der Waals surface area contributed by atoms with Gasteiger partial charge in [-0.2, -0.15) is 0 Å². The van der Waals surface area contributed by atoms with Crippen LogP contribution < -0.4 is 10.6 Å². The summed E-state index contributed by atoms with van der Waals surface area (Å²) in [6, 6.07) is 0.980. The van der Waals surface area contributed by atoms with Crippen LogP contribution in [0.1, 0.15) is 39.0 Å². The lowest BCUT2D eigenvalue weighted by atomic mass is 9.98. The standard InChI is InChI=1S/C14H27N3O/c1-11-9-13(6-8-17(11)2)16-14(18)4-3-12-5-7-15-10-12/h11-13,15H,3-10H2,1-2H3,(H,16,18). The van der Waals surface area contributed by atoms with E-state index in [4.69, 9.17) is 0 Å². The molecule has 3 unspecified atom stereocenters. The van der Waals surface area contributed by atoms with Crippen molar-refractivity contribution in [2.45, 2.75) is 51.1 Å². The van der Waals surface area contributed by atoms with E-state index in [1.807, 2.05) is 0 Å². The maximum Gasteiger partial charge on any atom is 0.220 e. The Morgan fingerprint density at radius 1 is 1.44 bits per heavy atom. The van der Waals surface area contributed by atoms with Crippen LogP contribution in [0, 0.1) is 5.92 Å². The van der Waals surface area contributed by atoms with Crippen molar-refractivity contribution in [3.05, 3.63) is 0 Å². The van der Waals surface area contributed by atoms with Gasteiger partial charge in [0.2, 0.25) is 5.91 Å². The fourth-order valence-corrected chi connectivity index (χ4v) is 3.02. The van der Waals surface area contributed by atoms with Crippen LogP contribution in [0.5, 0.6) is 0 Å². The maximum absolute atomic E-state index is 11.9. The fourth-order valence-electron chi connectivity index (χ4n) is 3.02. The van der Waals surface area contributed by atoms with Gasteiger partial charge in [0.1, 0.15) is 0 Å². The average Bonchev–Trinajstić information content (AvgIpc) is 2.84. The Morgan fingerprint density at radius 2 is 2.28 bits per heavy atom. The highest BCUT2D eigenvalue weighted by atomic mass is 16.1. The minimum absolute atomic E-state index is 0.253. The summed E-state index contributed by atoms with van der Waals surface area (Å²) in [5.41, 5.74) is 0. The van der Waals surface area contributed by atoms with E-state index in [2.05, 4.69) is 29.5 Å². The van der Waals surface area contributed by atoms with Crippen molar-refractivity contribution in [3.63, 3.8) is 0 Å². The Balaban J connectivity index is 1.64. The number of carbonyl (C=O) groups excluding carboxylic acids is 1. The predicted molar refractivity (Wildman–Crippen MR) is 73.5 cm³/mol. The lowest BCUT2D eigenvalue weighted by molar-refractivity contribution is -0.122. The van der Waals surface area contributed by atoms with E-state index in [9.17, 15) is 4.79 Å². The third kappa shape index (κ3) is 3.95. The van der Waals surface area contributed by atoms with Crippen molar-refractivity contribution in [2.75, 3.05) is 26.7 Å². The third-order valence-corrected chi connectivity index (χ3v) is 4.52. The molecule has 2 saturated heterocycles. The van der Waals surface area contributed by atoms with Gasteiger partial charge in [-0.15, -0.1) is 0 Å². The van der Waals surface area contributed by atoms with E-state index in [-0.39, 0.29) is 5.91 Å². The van der Waals surface area contributed by atoms with Crippen molar-refractivity contribution in [1.82, 2.24) is 15.5 Å². The molecule has 104 valence electrons. The fraction of sp³-hybridized carbons (Fsp3) is 0.929. The van der Waals surface area contributed by atoms with Crippen molar-refractivity contribution in [2.24, 2.45) is 5.92 Å². The summed E-state index contributed by atoms with van der Waals surface area (Å²) >= 11 is 0. The van der Waals surface area contributed by atoms with Crippen LogP contribution in [0.25, 0.3) is 0 Å². The zero-order chi connectivity index (χ0) is 13.0. The van der Waals surface area contributed by atoms with E-state index in [0.29, 0.717) is 24.4 Å². The van der Waals surface area contributed by atoms with Crippen molar-refractivity contribution >= 4 is 5.91 Å². The Labute approximate surface area is 110 Å². The largest absolute Gasteiger partial charge is 0.353 e. The van der Waals surface area contributed by atoms with E-state index in [1.165, 1.54) is 6.42 Å². The average molecular weight is 253 g/mol. The number of hydrogen-bond donors (Lipinski definition) is 2. The summed E-state index contributed by atoms with van der Waals surface area (Å²) in [7, 11) is 2.16. The highest BCUT2D eigenvalue weighted by Crippen LogP contribution is 2.17. The molecule has 0 bridgehead atoms. The molecule has 0 spiro atoms. The van der Waals surface area contributed by atoms with E-state index < -0.39 is 0 Å². The second kappa shape index (κ2) is 6.53. The Hall–Kier alpha value is -0.610. The molecule has 0 saturated carbocycles. The number of nitrogens with zero attached hydrogens (tertiary/aromatic N) is 1. The molecule has 4 nitrogen and oxygen atoms in total. The molecule has 1 amide bonds. The Kier molecular flexibility index (Phi) is 5.01. The molecule has 18 heavy (non-hydrogen) atoms. The molecule has 0 aromatic carbocycles. The number of nitrogens with one attached hydrogen (secondary N) is 2. The quantitative estimate of drug-likeness (QED) is 0.785. The second-order valence-corrected chi connectivity index (χ2v) is 6.02. The van der Waals surface area contributed by atoms with Gasteiger partial charge < -0.3 is 15.5 Å². The van der Waals surface area contributed by atoms with Gasteiger partial charge in [0, 0.05) is 25.0 Å². The van der Waals surface area contributed by atoms with Crippen LogP contribution in [-0.4, -0.2) is 49.6 Å². The van der Waals surface area contributed by atoms with Crippen LogP contribution in [-0.2, 0) is 4.79 Å². The number of likely N-dealkylation sites (tertiary alicyclic amines) is 1. The van der Waals surface area contributed by atoms with Gasteiger partial charge in [-0.25, -0.2) is 0 Å². The molecule has 2 rings (SSSR count). The SMILES string of the molecule is CC1CC(NC(=O)CCC2CCNC2)CCN1C. The zero-order valence-electron chi connectivity index (χ0n) is 11.7. The number of carbonyl (C=O) groups is 1. The molecule has 0 aliphatic carbocycles. The predicted octanol–water partition coefficient (Wildman–Crippen LogP) is 0.975. The first-order valence-corrected chi connectivity index (χ1v) is 7.35. The van der Waals surface area contributed by atoms with Crippen LogP contribution in [0.3, 0.4) is 0 Å². The molecule has 2 fully saturated rings. The smallest absolute Gasteiger partial charge is 0.220 e. The van der Waals surface area contributed by atoms with Crippen molar-refractivity contribution < 1.29 is 4.79 Å². The monoisotopic (exact) mass is 253 g/mol. The summed E-state index contributed by atoms with van der Waals surface area (Å²) in [5, 5.41) is 6.56. The number of piperidine rings is 1.